The van der Waals surface area contributed by atoms with Crippen LogP contribution in [0.15, 0.2) is 44.3 Å². The zero-order chi connectivity index (χ0) is 14.9. The van der Waals surface area contributed by atoms with Gasteiger partial charge in [-0.1, -0.05) is 11.6 Å². The van der Waals surface area contributed by atoms with Crippen LogP contribution in [-0.2, 0) is 9.84 Å². The van der Waals surface area contributed by atoms with Gasteiger partial charge in [-0.15, -0.1) is 0 Å². The molecule has 8 heteroatoms. The predicted molar refractivity (Wildman–Crippen MR) is 78.9 cm³/mol. The summed E-state index contributed by atoms with van der Waals surface area (Å²) >= 11 is 9.02. The second kappa shape index (κ2) is 5.59. The molecule has 5 nitrogen and oxygen atoms in total. The highest BCUT2D eigenvalue weighted by atomic mass is 79.9. The molecule has 0 aliphatic heterocycles. The van der Waals surface area contributed by atoms with Gasteiger partial charge in [0.25, 0.3) is 5.91 Å². The summed E-state index contributed by atoms with van der Waals surface area (Å²) in [5.74, 6) is -0.444. The van der Waals surface area contributed by atoms with Gasteiger partial charge >= 0.3 is 0 Å². The summed E-state index contributed by atoms with van der Waals surface area (Å²) in [6.07, 6.45) is 1.07. The quantitative estimate of drug-likeness (QED) is 0.888. The molecule has 1 heterocycles. The monoisotopic (exact) mass is 377 g/mol. The van der Waals surface area contributed by atoms with Gasteiger partial charge in [0, 0.05) is 6.26 Å². The first-order chi connectivity index (χ1) is 9.27. The lowest BCUT2D eigenvalue weighted by Gasteiger charge is -2.07. The lowest BCUT2D eigenvalue weighted by Crippen LogP contribution is -2.12. The molecule has 0 saturated heterocycles. The summed E-state index contributed by atoms with van der Waals surface area (Å²) in [6.45, 7) is 0. The van der Waals surface area contributed by atoms with Crippen LogP contribution in [0.1, 0.15) is 10.6 Å². The molecule has 0 fully saturated rings. The van der Waals surface area contributed by atoms with Gasteiger partial charge in [-0.3, -0.25) is 4.79 Å². The van der Waals surface area contributed by atoms with E-state index in [0.717, 1.165) is 6.26 Å². The number of carbonyl (C=O) groups is 1. The Hall–Kier alpha value is -1.31. The van der Waals surface area contributed by atoms with Crippen molar-refractivity contribution in [3.8, 4) is 0 Å². The van der Waals surface area contributed by atoms with Crippen molar-refractivity contribution in [1.82, 2.24) is 0 Å². The second-order valence-corrected chi connectivity index (χ2v) is 7.18. The molecule has 0 bridgehead atoms. The van der Waals surface area contributed by atoms with Gasteiger partial charge < -0.3 is 9.73 Å². The third kappa shape index (κ3) is 3.41. The highest BCUT2D eigenvalue weighted by Crippen LogP contribution is 2.26. The van der Waals surface area contributed by atoms with Crippen LogP contribution in [0.5, 0.6) is 0 Å². The molecule has 0 radical (unpaired) electrons. The number of hydrogen-bond acceptors (Lipinski definition) is 4. The zero-order valence-electron chi connectivity index (χ0n) is 10.2. The van der Waals surface area contributed by atoms with Crippen molar-refractivity contribution in [3.63, 3.8) is 0 Å². The number of carbonyl (C=O) groups excluding carboxylic acids is 1. The van der Waals surface area contributed by atoms with Gasteiger partial charge in [0.1, 0.15) is 0 Å². The molecule has 1 amide bonds. The topological polar surface area (TPSA) is 76.4 Å². The number of rotatable bonds is 3. The smallest absolute Gasteiger partial charge is 0.291 e. The van der Waals surface area contributed by atoms with E-state index in [0.29, 0.717) is 4.67 Å². The van der Waals surface area contributed by atoms with Crippen molar-refractivity contribution in [2.75, 3.05) is 11.6 Å². The Bertz CT molecular complexity index is 770. The Labute approximate surface area is 129 Å². The van der Waals surface area contributed by atoms with E-state index >= 15 is 0 Å². The van der Waals surface area contributed by atoms with E-state index in [4.69, 9.17) is 16.0 Å². The maximum atomic E-state index is 11.9. The number of hydrogen-bond donors (Lipinski definition) is 1. The van der Waals surface area contributed by atoms with Gasteiger partial charge in [0.2, 0.25) is 0 Å². The summed E-state index contributed by atoms with van der Waals surface area (Å²) in [6, 6.07) is 7.13. The Kier molecular flexibility index (Phi) is 4.22. The highest BCUT2D eigenvalue weighted by Gasteiger charge is 2.15. The number of anilines is 1. The molecule has 0 aliphatic carbocycles. The molecule has 0 unspecified atom stereocenters. The Morgan fingerprint density at radius 3 is 2.55 bits per heavy atom. The van der Waals surface area contributed by atoms with Gasteiger partial charge in [-0.25, -0.2) is 8.42 Å². The average molecular weight is 379 g/mol. The maximum Gasteiger partial charge on any atom is 0.291 e. The Balaban J connectivity index is 2.31. The number of sulfone groups is 1. The normalized spacial score (nSPS) is 11.3. The minimum Gasteiger partial charge on any atom is -0.444 e. The summed E-state index contributed by atoms with van der Waals surface area (Å²) < 4.78 is 28.5. The maximum absolute atomic E-state index is 11.9. The van der Waals surface area contributed by atoms with Crippen molar-refractivity contribution in [2.45, 2.75) is 4.90 Å². The van der Waals surface area contributed by atoms with E-state index in [1.54, 1.807) is 6.07 Å². The van der Waals surface area contributed by atoms with Crippen molar-refractivity contribution in [3.05, 3.63) is 45.8 Å². The molecule has 0 aliphatic rings. The first-order valence-corrected chi connectivity index (χ1v) is 8.40. The standard InChI is InChI=1S/C12H9BrClNO4S/c1-20(17,18)7-2-3-8(14)9(6-7)15-12(16)10-4-5-11(13)19-10/h2-6H,1H3,(H,15,16). The van der Waals surface area contributed by atoms with E-state index < -0.39 is 15.7 Å². The molecule has 0 saturated carbocycles. The van der Waals surface area contributed by atoms with Crippen molar-refractivity contribution < 1.29 is 17.6 Å². The largest absolute Gasteiger partial charge is 0.444 e. The van der Waals surface area contributed by atoms with Gasteiger partial charge in [-0.2, -0.15) is 0 Å². The molecule has 1 N–H and O–H groups in total. The fraction of sp³-hybridized carbons (Fsp3) is 0.0833. The van der Waals surface area contributed by atoms with E-state index in [1.165, 1.54) is 24.3 Å². The molecule has 0 spiro atoms. The van der Waals surface area contributed by atoms with E-state index in [2.05, 4.69) is 21.2 Å². The van der Waals surface area contributed by atoms with Crippen molar-refractivity contribution in [1.29, 1.82) is 0 Å². The average Bonchev–Trinajstić information content (AvgIpc) is 2.77. The molecule has 0 atom stereocenters. The molecular formula is C12H9BrClNO4S. The predicted octanol–water partition coefficient (Wildman–Crippen LogP) is 3.35. The van der Waals surface area contributed by atoms with Crippen molar-refractivity contribution >= 4 is 49.0 Å². The molecule has 2 aromatic rings. The van der Waals surface area contributed by atoms with Crippen LogP contribution in [0.2, 0.25) is 5.02 Å². The summed E-state index contributed by atoms with van der Waals surface area (Å²) in [5, 5.41) is 2.74. The molecule has 106 valence electrons. The summed E-state index contributed by atoms with van der Waals surface area (Å²) in [7, 11) is -3.38. The van der Waals surface area contributed by atoms with Crippen LogP contribution in [0.4, 0.5) is 5.69 Å². The zero-order valence-corrected chi connectivity index (χ0v) is 13.3. The van der Waals surface area contributed by atoms with Crippen LogP contribution in [0.3, 0.4) is 0 Å². The fourth-order valence-electron chi connectivity index (χ4n) is 1.45. The molecular weight excluding hydrogens is 370 g/mol. The Morgan fingerprint density at radius 1 is 1.30 bits per heavy atom. The first kappa shape index (κ1) is 15.1. The van der Waals surface area contributed by atoms with Crippen LogP contribution in [0, 0.1) is 0 Å². The van der Waals surface area contributed by atoms with E-state index in [-0.39, 0.29) is 21.4 Å². The van der Waals surface area contributed by atoms with Crippen molar-refractivity contribution in [2.24, 2.45) is 0 Å². The van der Waals surface area contributed by atoms with Crippen LogP contribution < -0.4 is 5.32 Å². The van der Waals surface area contributed by atoms with Gasteiger partial charge in [-0.05, 0) is 46.3 Å². The third-order valence-electron chi connectivity index (χ3n) is 2.41. The van der Waals surface area contributed by atoms with E-state index in [9.17, 15) is 13.2 Å². The van der Waals surface area contributed by atoms with Crippen LogP contribution >= 0.6 is 27.5 Å². The minimum atomic E-state index is -3.38. The summed E-state index contributed by atoms with van der Waals surface area (Å²) in [4.78, 5) is 12.0. The van der Waals surface area contributed by atoms with Gasteiger partial charge in [0.15, 0.2) is 20.3 Å². The molecule has 20 heavy (non-hydrogen) atoms. The van der Waals surface area contributed by atoms with Gasteiger partial charge in [0.05, 0.1) is 15.6 Å². The third-order valence-corrected chi connectivity index (χ3v) is 4.28. The second-order valence-electron chi connectivity index (χ2n) is 3.97. The number of halogens is 2. The van der Waals surface area contributed by atoms with Crippen LogP contribution in [0.25, 0.3) is 0 Å². The van der Waals surface area contributed by atoms with E-state index in [1.807, 2.05) is 0 Å². The summed E-state index contributed by atoms with van der Waals surface area (Å²) in [5.41, 5.74) is 0.201. The highest BCUT2D eigenvalue weighted by molar-refractivity contribution is 9.10. The fourth-order valence-corrected chi connectivity index (χ4v) is 2.57. The lowest BCUT2D eigenvalue weighted by molar-refractivity contribution is 0.0995. The number of furan rings is 1. The van der Waals surface area contributed by atoms with Crippen LogP contribution in [-0.4, -0.2) is 20.6 Å². The molecule has 1 aromatic heterocycles. The first-order valence-electron chi connectivity index (χ1n) is 5.33. The SMILES string of the molecule is CS(=O)(=O)c1ccc(Cl)c(NC(=O)c2ccc(Br)o2)c1. The number of nitrogens with one attached hydrogen (secondary N) is 1. The molecule has 1 aromatic carbocycles. The Morgan fingerprint density at radius 2 is 2.00 bits per heavy atom. The molecule has 2 rings (SSSR count). The minimum absolute atomic E-state index is 0.0674. The lowest BCUT2D eigenvalue weighted by atomic mass is 10.3. The number of benzene rings is 1. The number of amides is 1.